The predicted octanol–water partition coefficient (Wildman–Crippen LogP) is 6.02. The van der Waals surface area contributed by atoms with Crippen LogP contribution in [0.2, 0.25) is 0 Å². The molecule has 2 amide bonds. The molecular formula is C33H30N2O5. The van der Waals surface area contributed by atoms with E-state index in [1.165, 1.54) is 4.90 Å². The number of amides is 2. The number of benzene rings is 4. The molecule has 2 aliphatic rings. The zero-order valence-corrected chi connectivity index (χ0v) is 22.4. The van der Waals surface area contributed by atoms with Gasteiger partial charge in [-0.15, -0.1) is 0 Å². The molecule has 0 saturated carbocycles. The number of rotatable bonds is 8. The van der Waals surface area contributed by atoms with E-state index in [1.807, 2.05) is 111 Å². The quantitative estimate of drug-likeness (QED) is 0.258. The van der Waals surface area contributed by atoms with Crippen LogP contribution in [0, 0.1) is 12.8 Å². The Morgan fingerprint density at radius 3 is 2.20 bits per heavy atom. The van der Waals surface area contributed by atoms with Crippen molar-refractivity contribution in [3.63, 3.8) is 0 Å². The maximum absolute atomic E-state index is 14.0. The number of hydrogen-bond donors (Lipinski definition) is 0. The second kappa shape index (κ2) is 10.9. The summed E-state index contributed by atoms with van der Waals surface area (Å²) in [5.41, 5.74) is 4.02. The van der Waals surface area contributed by atoms with E-state index in [9.17, 15) is 9.59 Å². The van der Waals surface area contributed by atoms with Crippen molar-refractivity contribution < 1.29 is 23.9 Å². The largest absolute Gasteiger partial charge is 0.490 e. The summed E-state index contributed by atoms with van der Waals surface area (Å²) in [4.78, 5) is 35.2. The number of hydrogen-bond acceptors (Lipinski definition) is 6. The summed E-state index contributed by atoms with van der Waals surface area (Å²) < 4.78 is 12.1. The van der Waals surface area contributed by atoms with E-state index in [0.717, 1.165) is 22.4 Å². The Balaban J connectivity index is 1.38. The van der Waals surface area contributed by atoms with E-state index >= 15 is 0 Å². The van der Waals surface area contributed by atoms with Gasteiger partial charge >= 0.3 is 0 Å². The molecule has 7 nitrogen and oxygen atoms in total. The number of nitrogens with zero attached hydrogens (tertiary/aromatic N) is 2. The lowest BCUT2D eigenvalue weighted by molar-refractivity contribution is -0.126. The summed E-state index contributed by atoms with van der Waals surface area (Å²) in [5.74, 6) is -0.208. The normalized spacial score (nSPS) is 20.1. The van der Waals surface area contributed by atoms with Crippen molar-refractivity contribution in [2.45, 2.75) is 32.6 Å². The molecule has 2 aliphatic heterocycles. The maximum Gasteiger partial charge on any atom is 0.266 e. The van der Waals surface area contributed by atoms with Gasteiger partial charge in [0.15, 0.2) is 17.6 Å². The van der Waals surface area contributed by atoms with Gasteiger partial charge in [-0.3, -0.25) is 14.4 Å². The Morgan fingerprint density at radius 2 is 1.48 bits per heavy atom. The molecule has 0 aliphatic carbocycles. The summed E-state index contributed by atoms with van der Waals surface area (Å²) in [5, 5.41) is 1.69. The zero-order chi connectivity index (χ0) is 27.6. The average molecular weight is 535 g/mol. The highest BCUT2D eigenvalue weighted by molar-refractivity contribution is 6.24. The molecule has 7 heteroatoms. The smallest absolute Gasteiger partial charge is 0.266 e. The molecule has 2 fully saturated rings. The summed E-state index contributed by atoms with van der Waals surface area (Å²) >= 11 is 0. The molecule has 4 aromatic carbocycles. The van der Waals surface area contributed by atoms with Crippen LogP contribution >= 0.6 is 0 Å². The van der Waals surface area contributed by atoms with Crippen LogP contribution < -0.4 is 19.4 Å². The summed E-state index contributed by atoms with van der Waals surface area (Å²) in [6.45, 7) is 4.64. The van der Waals surface area contributed by atoms with Gasteiger partial charge in [-0.1, -0.05) is 72.8 Å². The van der Waals surface area contributed by atoms with Crippen LogP contribution in [0.25, 0.3) is 0 Å². The molecule has 4 aromatic rings. The SMILES string of the molecule is CCOc1cc([C@H]2[C@H]3C(=O)N(c4ccccc4C)C(=O)[C@H]3ON2c2ccccc2)ccc1OCc1ccccc1. The van der Waals surface area contributed by atoms with Crippen LogP contribution in [0.1, 0.15) is 29.7 Å². The highest BCUT2D eigenvalue weighted by Gasteiger charge is 2.60. The number of fused-ring (bicyclic) bond motifs is 1. The average Bonchev–Trinajstić information content (AvgIpc) is 3.49. The van der Waals surface area contributed by atoms with Crippen LogP contribution in [0.15, 0.2) is 103 Å². The van der Waals surface area contributed by atoms with Gasteiger partial charge in [0.2, 0.25) is 5.91 Å². The lowest BCUT2D eigenvalue weighted by Gasteiger charge is -2.29. The highest BCUT2D eigenvalue weighted by atomic mass is 16.7. The number of imide groups is 1. The predicted molar refractivity (Wildman–Crippen MR) is 152 cm³/mol. The van der Waals surface area contributed by atoms with Gasteiger partial charge in [0.05, 0.1) is 24.0 Å². The first-order chi connectivity index (χ1) is 19.6. The molecular weight excluding hydrogens is 504 g/mol. The molecule has 2 heterocycles. The van der Waals surface area contributed by atoms with E-state index < -0.39 is 18.1 Å². The summed E-state index contributed by atoms with van der Waals surface area (Å²) in [6, 6.07) is 32.0. The molecule has 40 heavy (non-hydrogen) atoms. The molecule has 0 radical (unpaired) electrons. The lowest BCUT2D eigenvalue weighted by atomic mass is 9.90. The van der Waals surface area contributed by atoms with E-state index in [2.05, 4.69) is 0 Å². The van der Waals surface area contributed by atoms with Crippen molar-refractivity contribution in [3.05, 3.63) is 120 Å². The fourth-order valence-corrected chi connectivity index (χ4v) is 5.44. The van der Waals surface area contributed by atoms with E-state index in [-0.39, 0.29) is 11.8 Å². The fraction of sp³-hybridized carbons (Fsp3) is 0.212. The molecule has 0 aromatic heterocycles. The Morgan fingerprint density at radius 1 is 0.775 bits per heavy atom. The second-order valence-electron chi connectivity index (χ2n) is 9.87. The zero-order valence-electron chi connectivity index (χ0n) is 22.4. The van der Waals surface area contributed by atoms with Crippen molar-refractivity contribution in [2.75, 3.05) is 16.6 Å². The lowest BCUT2D eigenvalue weighted by Crippen LogP contribution is -2.37. The first kappa shape index (κ1) is 25.6. The van der Waals surface area contributed by atoms with Crippen molar-refractivity contribution in [1.29, 1.82) is 0 Å². The number of hydroxylamine groups is 1. The van der Waals surface area contributed by atoms with Gasteiger partial charge in [-0.05, 0) is 60.9 Å². The van der Waals surface area contributed by atoms with Gasteiger partial charge < -0.3 is 9.47 Å². The maximum atomic E-state index is 14.0. The number of ether oxygens (including phenoxy) is 2. The van der Waals surface area contributed by atoms with Gasteiger partial charge in [0, 0.05) is 0 Å². The number of para-hydroxylation sites is 2. The molecule has 202 valence electrons. The third-order valence-electron chi connectivity index (χ3n) is 7.33. The Kier molecular flexibility index (Phi) is 6.97. The topological polar surface area (TPSA) is 68.3 Å². The Labute approximate surface area is 233 Å². The molecule has 3 atom stereocenters. The van der Waals surface area contributed by atoms with Crippen molar-refractivity contribution in [1.82, 2.24) is 0 Å². The van der Waals surface area contributed by atoms with Crippen LogP contribution in [0.4, 0.5) is 11.4 Å². The van der Waals surface area contributed by atoms with E-state index in [0.29, 0.717) is 30.4 Å². The Hall–Kier alpha value is -4.62. The summed E-state index contributed by atoms with van der Waals surface area (Å²) in [6.07, 6.45) is -0.943. The van der Waals surface area contributed by atoms with E-state index in [4.69, 9.17) is 14.3 Å². The minimum atomic E-state index is -0.943. The third kappa shape index (κ3) is 4.58. The van der Waals surface area contributed by atoms with Crippen molar-refractivity contribution in [2.24, 2.45) is 5.92 Å². The molecule has 2 saturated heterocycles. The number of carbonyl (C=O) groups excluding carboxylic acids is 2. The minimum Gasteiger partial charge on any atom is -0.490 e. The summed E-state index contributed by atoms with van der Waals surface area (Å²) in [7, 11) is 0. The first-order valence-electron chi connectivity index (χ1n) is 13.4. The molecule has 0 spiro atoms. The van der Waals surface area contributed by atoms with Crippen LogP contribution in [0.5, 0.6) is 11.5 Å². The number of aryl methyl sites for hydroxylation is 1. The van der Waals surface area contributed by atoms with Crippen molar-refractivity contribution >= 4 is 23.2 Å². The monoisotopic (exact) mass is 534 g/mol. The van der Waals surface area contributed by atoms with Crippen LogP contribution in [0.3, 0.4) is 0 Å². The number of carbonyl (C=O) groups is 2. The molecule has 6 rings (SSSR count). The number of anilines is 2. The van der Waals surface area contributed by atoms with Gasteiger partial charge in [0.25, 0.3) is 5.91 Å². The van der Waals surface area contributed by atoms with E-state index in [1.54, 1.807) is 11.1 Å². The van der Waals surface area contributed by atoms with Gasteiger partial charge in [-0.2, -0.15) is 0 Å². The van der Waals surface area contributed by atoms with Crippen molar-refractivity contribution in [3.8, 4) is 11.5 Å². The Bertz CT molecular complexity index is 1520. The molecule has 0 N–H and O–H groups in total. The standard InChI is InChI=1S/C33H30N2O5/c1-3-38-28-20-24(18-19-27(28)39-21-23-13-6-4-7-14-23)30-29-31(40-35(30)25-15-8-5-9-16-25)33(37)34(32(29)36)26-17-11-10-12-22(26)2/h4-20,29-31H,3,21H2,1-2H3/t29-,30+,31+/m1/s1. The molecule has 0 bridgehead atoms. The second-order valence-corrected chi connectivity index (χ2v) is 9.87. The first-order valence-corrected chi connectivity index (χ1v) is 13.4. The third-order valence-corrected chi connectivity index (χ3v) is 7.33. The van der Waals surface area contributed by atoms with Gasteiger partial charge in [0.1, 0.15) is 12.5 Å². The minimum absolute atomic E-state index is 0.282. The highest BCUT2D eigenvalue weighted by Crippen LogP contribution is 2.49. The van der Waals surface area contributed by atoms with Crippen LogP contribution in [-0.2, 0) is 21.0 Å². The fourth-order valence-electron chi connectivity index (χ4n) is 5.44. The van der Waals surface area contributed by atoms with Gasteiger partial charge in [-0.25, -0.2) is 9.96 Å². The molecule has 0 unspecified atom stereocenters. The van der Waals surface area contributed by atoms with Crippen LogP contribution in [-0.4, -0.2) is 24.5 Å².